The molecule has 0 aliphatic carbocycles. The molecule has 1 aromatic heterocycles. The zero-order chi connectivity index (χ0) is 22.2. The molecular weight excluding hydrogens is 412 g/mol. The Kier molecular flexibility index (Phi) is 9.10. The van der Waals surface area contributed by atoms with E-state index in [1.165, 1.54) is 0 Å². The summed E-state index contributed by atoms with van der Waals surface area (Å²) in [5.41, 5.74) is 2.20. The smallest absolute Gasteiger partial charge is 0.161 e. The lowest BCUT2D eigenvalue weighted by Gasteiger charge is -2.24. The number of likely N-dealkylation sites (N-methyl/N-ethyl adjacent to an activating group) is 1. The summed E-state index contributed by atoms with van der Waals surface area (Å²) < 4.78 is 11.5. The van der Waals surface area contributed by atoms with Crippen molar-refractivity contribution in [3.05, 3.63) is 39.8 Å². The Bertz CT molecular complexity index is 816. The van der Waals surface area contributed by atoms with E-state index in [2.05, 4.69) is 45.2 Å². The summed E-state index contributed by atoms with van der Waals surface area (Å²) in [6.45, 7) is 8.65. The first-order valence-electron chi connectivity index (χ1n) is 10.9. The monoisotopic (exact) mass is 448 g/mol. The van der Waals surface area contributed by atoms with Crippen molar-refractivity contribution in [2.75, 3.05) is 60.5 Å². The minimum atomic E-state index is -0.535. The molecule has 0 amide bonds. The van der Waals surface area contributed by atoms with Crippen LogP contribution in [0, 0.1) is 6.92 Å². The molecule has 172 valence electrons. The zero-order valence-electron chi connectivity index (χ0n) is 19.2. The highest BCUT2D eigenvalue weighted by Crippen LogP contribution is 2.29. The van der Waals surface area contributed by atoms with Crippen molar-refractivity contribution in [3.63, 3.8) is 0 Å². The normalized spacial score (nSPS) is 17.0. The molecule has 1 unspecified atom stereocenters. The fraction of sp³-hybridized carbons (Fsp3) is 0.609. The largest absolute Gasteiger partial charge is 0.493 e. The Hall–Kier alpha value is -1.71. The maximum Gasteiger partial charge on any atom is 0.161 e. The van der Waals surface area contributed by atoms with Crippen LogP contribution in [0.2, 0.25) is 0 Å². The van der Waals surface area contributed by atoms with E-state index in [1.54, 1.807) is 18.4 Å². The van der Waals surface area contributed by atoms with Crippen molar-refractivity contribution >= 4 is 11.3 Å². The Balaban J connectivity index is 1.53. The number of benzene rings is 1. The van der Waals surface area contributed by atoms with Crippen LogP contribution in [0.5, 0.6) is 11.5 Å². The lowest BCUT2D eigenvalue weighted by Crippen LogP contribution is -2.37. The average Bonchev–Trinajstić information content (AvgIpc) is 3.03. The molecule has 3 rings (SSSR count). The van der Waals surface area contributed by atoms with E-state index in [-0.39, 0.29) is 6.61 Å². The van der Waals surface area contributed by atoms with Crippen LogP contribution in [-0.4, -0.2) is 91.4 Å². The van der Waals surface area contributed by atoms with E-state index in [4.69, 9.17) is 9.47 Å². The Morgan fingerprint density at radius 2 is 2.03 bits per heavy atom. The van der Waals surface area contributed by atoms with Gasteiger partial charge >= 0.3 is 0 Å². The van der Waals surface area contributed by atoms with Gasteiger partial charge in [-0.05, 0) is 58.2 Å². The maximum absolute atomic E-state index is 10.5. The lowest BCUT2D eigenvalue weighted by molar-refractivity contribution is 0.0685. The van der Waals surface area contributed by atoms with Crippen LogP contribution in [0.4, 0.5) is 0 Å². The number of nitrogens with zero attached hydrogens (tertiary/aromatic N) is 4. The second-order valence-electron chi connectivity index (χ2n) is 8.46. The van der Waals surface area contributed by atoms with Gasteiger partial charge in [0.05, 0.1) is 13.7 Å². The molecule has 7 nitrogen and oxygen atoms in total. The SMILES string of the molecule is COc1ccc(CN(C)Cc2nc(C)cs2)cc1OCC(O)CN1CCCN(C)CC1. The van der Waals surface area contributed by atoms with Crippen LogP contribution in [0.1, 0.15) is 22.7 Å². The molecule has 8 heteroatoms. The summed E-state index contributed by atoms with van der Waals surface area (Å²) in [6, 6.07) is 6.00. The Labute approximate surface area is 190 Å². The molecular formula is C23H36N4O3S. The quantitative estimate of drug-likeness (QED) is 0.599. The van der Waals surface area contributed by atoms with E-state index in [1.807, 2.05) is 19.1 Å². The molecule has 1 aromatic carbocycles. The number of hydrogen-bond acceptors (Lipinski definition) is 8. The summed E-state index contributed by atoms with van der Waals surface area (Å²) in [7, 11) is 5.88. The van der Waals surface area contributed by atoms with Crippen LogP contribution in [0.25, 0.3) is 0 Å². The van der Waals surface area contributed by atoms with Gasteiger partial charge in [0.1, 0.15) is 17.7 Å². The fourth-order valence-electron chi connectivity index (χ4n) is 3.83. The molecule has 2 heterocycles. The highest BCUT2D eigenvalue weighted by Gasteiger charge is 2.17. The lowest BCUT2D eigenvalue weighted by atomic mass is 10.2. The van der Waals surface area contributed by atoms with Gasteiger partial charge in [0.2, 0.25) is 0 Å². The topological polar surface area (TPSA) is 61.3 Å². The molecule has 1 saturated heterocycles. The van der Waals surface area contributed by atoms with E-state index >= 15 is 0 Å². The highest BCUT2D eigenvalue weighted by molar-refractivity contribution is 7.09. The number of aryl methyl sites for hydroxylation is 1. The summed E-state index contributed by atoms with van der Waals surface area (Å²) in [4.78, 5) is 11.4. The summed E-state index contributed by atoms with van der Waals surface area (Å²) >= 11 is 1.69. The van der Waals surface area contributed by atoms with Gasteiger partial charge < -0.3 is 19.5 Å². The van der Waals surface area contributed by atoms with Gasteiger partial charge in [-0.15, -0.1) is 11.3 Å². The van der Waals surface area contributed by atoms with Crippen molar-refractivity contribution in [2.24, 2.45) is 0 Å². The molecule has 1 aliphatic rings. The summed E-state index contributed by atoms with van der Waals surface area (Å²) in [5, 5.41) is 13.7. The summed E-state index contributed by atoms with van der Waals surface area (Å²) in [5.74, 6) is 1.36. The van der Waals surface area contributed by atoms with Gasteiger partial charge in [-0.2, -0.15) is 0 Å². The first kappa shape index (κ1) is 23.9. The fourth-order valence-corrected chi connectivity index (χ4v) is 4.68. The van der Waals surface area contributed by atoms with Crippen molar-refractivity contribution in [2.45, 2.75) is 32.5 Å². The minimum Gasteiger partial charge on any atom is -0.493 e. The predicted octanol–water partition coefficient (Wildman–Crippen LogP) is 2.47. The average molecular weight is 449 g/mol. The third-order valence-corrected chi connectivity index (χ3v) is 6.42. The molecule has 1 N–H and O–H groups in total. The van der Waals surface area contributed by atoms with Gasteiger partial charge in [-0.1, -0.05) is 6.07 Å². The molecule has 2 aromatic rings. The van der Waals surface area contributed by atoms with Crippen molar-refractivity contribution < 1.29 is 14.6 Å². The van der Waals surface area contributed by atoms with Gasteiger partial charge in [-0.25, -0.2) is 4.98 Å². The molecule has 0 spiro atoms. The van der Waals surface area contributed by atoms with Crippen molar-refractivity contribution in [1.82, 2.24) is 19.7 Å². The van der Waals surface area contributed by atoms with Crippen LogP contribution in [0.15, 0.2) is 23.6 Å². The number of rotatable bonds is 10. The number of aliphatic hydroxyl groups excluding tert-OH is 1. The highest BCUT2D eigenvalue weighted by atomic mass is 32.1. The van der Waals surface area contributed by atoms with Crippen LogP contribution in [0.3, 0.4) is 0 Å². The molecule has 0 bridgehead atoms. The Morgan fingerprint density at radius 1 is 1.19 bits per heavy atom. The number of aromatic nitrogens is 1. The second-order valence-corrected chi connectivity index (χ2v) is 9.41. The molecule has 1 aliphatic heterocycles. The Morgan fingerprint density at radius 3 is 2.77 bits per heavy atom. The summed E-state index contributed by atoms with van der Waals surface area (Å²) in [6.07, 6.45) is 0.598. The first-order chi connectivity index (χ1) is 14.9. The third kappa shape index (κ3) is 7.73. The predicted molar refractivity (Wildman–Crippen MR) is 125 cm³/mol. The first-order valence-corrected chi connectivity index (χ1v) is 11.8. The minimum absolute atomic E-state index is 0.250. The molecule has 0 saturated carbocycles. The van der Waals surface area contributed by atoms with Crippen LogP contribution < -0.4 is 9.47 Å². The van der Waals surface area contributed by atoms with E-state index in [0.717, 1.165) is 62.0 Å². The van der Waals surface area contributed by atoms with Gasteiger partial charge in [0.15, 0.2) is 11.5 Å². The van der Waals surface area contributed by atoms with Gasteiger partial charge in [0.25, 0.3) is 0 Å². The third-order valence-electron chi connectivity index (χ3n) is 5.46. The zero-order valence-corrected chi connectivity index (χ0v) is 20.0. The number of aliphatic hydroxyl groups is 1. The van der Waals surface area contributed by atoms with E-state index in [0.29, 0.717) is 18.0 Å². The van der Waals surface area contributed by atoms with Crippen LogP contribution in [-0.2, 0) is 13.1 Å². The van der Waals surface area contributed by atoms with Gasteiger partial charge in [0, 0.05) is 37.3 Å². The number of β-amino-alcohol motifs (C(OH)–C–C–N with tert-alkyl or cyclic N) is 1. The molecule has 31 heavy (non-hydrogen) atoms. The van der Waals surface area contributed by atoms with Crippen molar-refractivity contribution in [1.29, 1.82) is 0 Å². The molecule has 0 radical (unpaired) electrons. The van der Waals surface area contributed by atoms with E-state index in [9.17, 15) is 5.11 Å². The number of hydrogen-bond donors (Lipinski definition) is 1. The van der Waals surface area contributed by atoms with Crippen LogP contribution >= 0.6 is 11.3 Å². The number of methoxy groups -OCH3 is 1. The molecule has 1 atom stereocenters. The molecule has 1 fully saturated rings. The van der Waals surface area contributed by atoms with E-state index < -0.39 is 6.10 Å². The second kappa shape index (κ2) is 11.8. The van der Waals surface area contributed by atoms with Crippen molar-refractivity contribution in [3.8, 4) is 11.5 Å². The standard InChI is InChI=1S/C23H36N4O3S/c1-18-17-31-23(24-18)15-26(3)13-19-6-7-21(29-4)22(12-19)30-16-20(28)14-27-9-5-8-25(2)10-11-27/h6-7,12,17,20,28H,5,8-11,13-16H2,1-4H3. The number of ether oxygens (including phenoxy) is 2. The maximum atomic E-state index is 10.5. The number of thiazole rings is 1. The van der Waals surface area contributed by atoms with Gasteiger partial charge in [-0.3, -0.25) is 9.80 Å².